The second-order valence-corrected chi connectivity index (χ2v) is 4.84. The molecule has 0 bridgehead atoms. The van der Waals surface area contributed by atoms with Crippen LogP contribution in [-0.2, 0) is 7.05 Å². The van der Waals surface area contributed by atoms with Crippen LogP contribution in [0, 0.1) is 13.8 Å². The topological polar surface area (TPSA) is 43.8 Å². The first-order valence-corrected chi connectivity index (χ1v) is 5.93. The van der Waals surface area contributed by atoms with E-state index >= 15 is 0 Å². The molecule has 84 valence electrons. The zero-order valence-corrected chi connectivity index (χ0v) is 10.5. The maximum absolute atomic E-state index is 5.65. The van der Waals surface area contributed by atoms with Crippen LogP contribution in [0.3, 0.4) is 0 Å². The molecule has 1 aromatic carbocycles. The van der Waals surface area contributed by atoms with Crippen molar-refractivity contribution in [1.29, 1.82) is 0 Å². The smallest absolute Gasteiger partial charge is 0.173 e. The number of rotatable bonds is 2. The Balaban J connectivity index is 2.27. The fourth-order valence-corrected chi connectivity index (χ4v) is 2.36. The average molecular weight is 233 g/mol. The third-order valence-electron chi connectivity index (χ3n) is 2.67. The first-order valence-electron chi connectivity index (χ1n) is 5.11. The van der Waals surface area contributed by atoms with Crippen molar-refractivity contribution in [3.63, 3.8) is 0 Å². The van der Waals surface area contributed by atoms with E-state index in [1.807, 2.05) is 38.2 Å². The van der Waals surface area contributed by atoms with Crippen LogP contribution in [0.2, 0.25) is 0 Å². The molecule has 0 aliphatic carbocycles. The molecular formula is C12H15N3S. The number of hydrogen-bond acceptors (Lipinski definition) is 3. The molecule has 2 aromatic rings. The van der Waals surface area contributed by atoms with Gasteiger partial charge in [-0.15, -0.1) is 0 Å². The summed E-state index contributed by atoms with van der Waals surface area (Å²) in [4.78, 5) is 5.68. The molecule has 0 aliphatic heterocycles. The summed E-state index contributed by atoms with van der Waals surface area (Å²) in [5.74, 6) is 0. The number of nitrogen functional groups attached to an aromatic ring is 1. The summed E-state index contributed by atoms with van der Waals surface area (Å²) in [6, 6.07) is 7.84. The van der Waals surface area contributed by atoms with Crippen LogP contribution < -0.4 is 5.73 Å². The predicted octanol–water partition coefficient (Wildman–Crippen LogP) is 2.77. The van der Waals surface area contributed by atoms with Crippen molar-refractivity contribution in [3.05, 3.63) is 35.7 Å². The molecule has 0 saturated carbocycles. The van der Waals surface area contributed by atoms with Gasteiger partial charge in [0.25, 0.3) is 0 Å². The van der Waals surface area contributed by atoms with E-state index in [-0.39, 0.29) is 0 Å². The highest BCUT2D eigenvalue weighted by Crippen LogP contribution is 2.28. The Labute approximate surface area is 99.7 Å². The number of imidazole rings is 1. The number of hydrogen-bond donors (Lipinski definition) is 1. The summed E-state index contributed by atoms with van der Waals surface area (Å²) in [5.41, 5.74) is 8.73. The molecule has 3 nitrogen and oxygen atoms in total. The molecule has 2 rings (SSSR count). The van der Waals surface area contributed by atoms with Gasteiger partial charge in [-0.2, -0.15) is 0 Å². The van der Waals surface area contributed by atoms with Gasteiger partial charge in [0.15, 0.2) is 5.16 Å². The zero-order valence-electron chi connectivity index (χ0n) is 9.69. The highest BCUT2D eigenvalue weighted by atomic mass is 32.2. The molecule has 0 amide bonds. The molecule has 2 N–H and O–H groups in total. The number of benzene rings is 1. The van der Waals surface area contributed by atoms with Crippen molar-refractivity contribution in [3.8, 4) is 0 Å². The maximum Gasteiger partial charge on any atom is 0.173 e. The summed E-state index contributed by atoms with van der Waals surface area (Å²) < 4.78 is 2.11. The standard InChI is InChI=1S/C12H15N3S/c1-8-9(2)15(3)12(14-8)16-11-6-4-10(13)5-7-11/h4-7H,13H2,1-3H3. The third-order valence-corrected chi connectivity index (χ3v) is 3.72. The van der Waals surface area contributed by atoms with Crippen molar-refractivity contribution in [2.75, 3.05) is 5.73 Å². The fraction of sp³-hybridized carbons (Fsp3) is 0.250. The second kappa shape index (κ2) is 4.22. The van der Waals surface area contributed by atoms with E-state index in [1.54, 1.807) is 11.8 Å². The van der Waals surface area contributed by atoms with Gasteiger partial charge in [0.2, 0.25) is 0 Å². The third kappa shape index (κ3) is 2.07. The van der Waals surface area contributed by atoms with Crippen molar-refractivity contribution >= 4 is 17.4 Å². The van der Waals surface area contributed by atoms with E-state index in [9.17, 15) is 0 Å². The number of nitrogens with zero attached hydrogens (tertiary/aromatic N) is 2. The average Bonchev–Trinajstić information content (AvgIpc) is 2.50. The van der Waals surface area contributed by atoms with Gasteiger partial charge in [-0.25, -0.2) is 4.98 Å². The minimum Gasteiger partial charge on any atom is -0.399 e. The molecule has 1 heterocycles. The minimum absolute atomic E-state index is 0.788. The van der Waals surface area contributed by atoms with Crippen molar-refractivity contribution in [2.24, 2.45) is 7.05 Å². The highest BCUT2D eigenvalue weighted by molar-refractivity contribution is 7.99. The van der Waals surface area contributed by atoms with Crippen molar-refractivity contribution in [2.45, 2.75) is 23.9 Å². The van der Waals surface area contributed by atoms with Gasteiger partial charge in [-0.05, 0) is 38.1 Å². The molecule has 4 heteroatoms. The van der Waals surface area contributed by atoms with Gasteiger partial charge in [0.1, 0.15) is 0 Å². The zero-order chi connectivity index (χ0) is 11.7. The molecule has 0 spiro atoms. The van der Waals surface area contributed by atoms with E-state index < -0.39 is 0 Å². The summed E-state index contributed by atoms with van der Waals surface area (Å²) in [6.07, 6.45) is 0. The van der Waals surface area contributed by atoms with Crippen LogP contribution in [0.15, 0.2) is 34.3 Å². The Morgan fingerprint density at radius 3 is 2.31 bits per heavy atom. The summed E-state index contributed by atoms with van der Waals surface area (Å²) in [6.45, 7) is 4.11. The number of anilines is 1. The van der Waals surface area contributed by atoms with E-state index in [4.69, 9.17) is 5.73 Å². The molecule has 0 radical (unpaired) electrons. The molecular weight excluding hydrogens is 218 g/mol. The van der Waals surface area contributed by atoms with Gasteiger partial charge < -0.3 is 10.3 Å². The predicted molar refractivity (Wildman–Crippen MR) is 67.7 cm³/mol. The first-order chi connectivity index (χ1) is 7.58. The number of aryl methyl sites for hydroxylation is 1. The van der Waals surface area contributed by atoms with Crippen LogP contribution in [0.1, 0.15) is 11.4 Å². The lowest BCUT2D eigenvalue weighted by Crippen LogP contribution is -1.93. The van der Waals surface area contributed by atoms with Gasteiger partial charge >= 0.3 is 0 Å². The van der Waals surface area contributed by atoms with Gasteiger partial charge in [-0.3, -0.25) is 0 Å². The van der Waals surface area contributed by atoms with Gasteiger partial charge in [0, 0.05) is 23.3 Å². The number of aromatic nitrogens is 2. The van der Waals surface area contributed by atoms with E-state index in [2.05, 4.69) is 16.5 Å². The molecule has 0 unspecified atom stereocenters. The Morgan fingerprint density at radius 2 is 1.81 bits per heavy atom. The lowest BCUT2D eigenvalue weighted by Gasteiger charge is -2.03. The van der Waals surface area contributed by atoms with Crippen LogP contribution in [0.25, 0.3) is 0 Å². The van der Waals surface area contributed by atoms with Crippen molar-refractivity contribution < 1.29 is 0 Å². The van der Waals surface area contributed by atoms with Crippen LogP contribution in [0.4, 0.5) is 5.69 Å². The first kappa shape index (κ1) is 11.1. The normalized spacial score (nSPS) is 10.7. The maximum atomic E-state index is 5.65. The fourth-order valence-electron chi connectivity index (χ4n) is 1.42. The van der Waals surface area contributed by atoms with E-state index in [1.165, 1.54) is 5.69 Å². The van der Waals surface area contributed by atoms with E-state index in [0.29, 0.717) is 0 Å². The van der Waals surface area contributed by atoms with E-state index in [0.717, 1.165) is 21.4 Å². The summed E-state index contributed by atoms with van der Waals surface area (Å²) >= 11 is 1.65. The molecule has 1 aromatic heterocycles. The summed E-state index contributed by atoms with van der Waals surface area (Å²) in [5, 5.41) is 1.01. The Bertz CT molecular complexity index is 500. The molecule has 16 heavy (non-hydrogen) atoms. The molecule has 0 saturated heterocycles. The van der Waals surface area contributed by atoms with Crippen molar-refractivity contribution in [1.82, 2.24) is 9.55 Å². The van der Waals surface area contributed by atoms with Gasteiger partial charge in [0.05, 0.1) is 5.69 Å². The van der Waals surface area contributed by atoms with Crippen LogP contribution in [0.5, 0.6) is 0 Å². The van der Waals surface area contributed by atoms with Crippen LogP contribution in [-0.4, -0.2) is 9.55 Å². The Morgan fingerprint density at radius 1 is 1.19 bits per heavy atom. The molecule has 0 fully saturated rings. The SMILES string of the molecule is Cc1nc(Sc2ccc(N)cc2)n(C)c1C. The van der Waals surface area contributed by atoms with Gasteiger partial charge in [-0.1, -0.05) is 11.8 Å². The summed E-state index contributed by atoms with van der Waals surface area (Å²) in [7, 11) is 2.04. The monoisotopic (exact) mass is 233 g/mol. The van der Waals surface area contributed by atoms with Crippen LogP contribution >= 0.6 is 11.8 Å². The quantitative estimate of drug-likeness (QED) is 0.811. The number of nitrogens with two attached hydrogens (primary N) is 1. The second-order valence-electron chi connectivity index (χ2n) is 3.80. The highest BCUT2D eigenvalue weighted by Gasteiger charge is 2.08. The Kier molecular flexibility index (Phi) is 2.92. The lowest BCUT2D eigenvalue weighted by molar-refractivity contribution is 0.766. The molecule has 0 aliphatic rings. The lowest BCUT2D eigenvalue weighted by atomic mass is 10.3. The minimum atomic E-state index is 0.788. The Hall–Kier alpha value is -1.42. The molecule has 0 atom stereocenters. The largest absolute Gasteiger partial charge is 0.399 e.